The van der Waals surface area contributed by atoms with Gasteiger partial charge in [-0.1, -0.05) is 77.2 Å². The number of hydrogen-bond acceptors (Lipinski definition) is 30. The maximum absolute atomic E-state index is 13.1. The number of nitrogens with one attached hydrogen (secondary N) is 3. The van der Waals surface area contributed by atoms with Crippen LogP contribution in [0.2, 0.25) is 0 Å². The van der Waals surface area contributed by atoms with Crippen LogP contribution in [0.25, 0.3) is 33.4 Å². The van der Waals surface area contributed by atoms with Gasteiger partial charge in [0.25, 0.3) is 10.2 Å². The molecule has 0 unspecified atom stereocenters. The number of hydrogen-bond donors (Lipinski definition) is 4. The molecule has 1 radical (unpaired) electrons. The number of nitriles is 1. The zero-order valence-electron chi connectivity index (χ0n) is 76.0. The van der Waals surface area contributed by atoms with Crippen LogP contribution in [0.15, 0.2) is 142 Å². The van der Waals surface area contributed by atoms with Crippen molar-refractivity contribution in [3.63, 3.8) is 0 Å². The average molecular weight is 2080 g/mol. The fraction of sp³-hybridized carbons (Fsp3) is 0.326. The Bertz CT molecular complexity index is 5810. The first-order valence-electron chi connectivity index (χ1n) is 40.6. The summed E-state index contributed by atoms with van der Waals surface area (Å²) < 4.78 is 86.3. The third-order valence-corrected chi connectivity index (χ3v) is 22.5. The fourth-order valence-corrected chi connectivity index (χ4v) is 16.4. The van der Waals surface area contributed by atoms with E-state index in [0.29, 0.717) is 179 Å². The second-order valence-corrected chi connectivity index (χ2v) is 30.1. The summed E-state index contributed by atoms with van der Waals surface area (Å²) >= 11 is 8.14. The minimum atomic E-state index is -1.50. The molecule has 3 aliphatic carbocycles. The average Bonchev–Trinajstić information content (AvgIpc) is 1.51. The number of nitrogens with zero attached hydrogens (tertiary/aromatic N) is 3. The van der Waals surface area contributed by atoms with Gasteiger partial charge in [-0.05, 0) is 178 Å². The Kier molecular flexibility index (Phi) is 40.9. The Labute approximate surface area is 804 Å². The molecule has 134 heavy (non-hydrogen) atoms. The Morgan fingerprint density at radius 3 is 0.896 bits per heavy atom. The van der Waals surface area contributed by atoms with Gasteiger partial charge in [0.2, 0.25) is 51.3 Å². The zero-order valence-corrected chi connectivity index (χ0v) is 80.4. The van der Waals surface area contributed by atoms with Crippen LogP contribution < -0.4 is 89.1 Å². The molecule has 0 aromatic heterocycles. The second-order valence-electron chi connectivity index (χ2n) is 29.1. The molecular weight excluding hydrogens is 1980 g/mol. The third kappa shape index (κ3) is 25.9. The molecule has 0 saturated heterocycles. The van der Waals surface area contributed by atoms with Crippen LogP contribution in [-0.2, 0) is 112 Å². The van der Waals surface area contributed by atoms with Crippen molar-refractivity contribution in [3.8, 4) is 108 Å². The number of carbonyl (C=O) groups excluding carboxylic acids is 6. The summed E-state index contributed by atoms with van der Waals surface area (Å²) in [7, 11) is 17.7. The standard InChI is InChI=1S/C31H32ClNO8.C31H32INO8.C31H32N2O11.C2H3N.Ag.HNO3/c2*1-17(34)33-24-12-10-21-23(16-41-31(36)19-8-6-18(15-32)7-9-19)28(38-3)30(40-5)29(39-4)27(21)20-11-13-26(37-2)25(35)14-22(20)24;1-17(34)32-24-12-10-21-23(16-43-31(36)19-8-6-18(7-9-19)15-44-33(37)38)28(40-3)30(42-5)29(41-4)27(21)20-11-13-26(39-2)25(35)14-22(20)24;1-2-3;;2-1(3)4/h2*6-9,11,13-14,24H,10,12,15-16H2,1-5H3,(H,33,34);6-9,11,13-14,24H,10,12,15-16H2,1-5H3,(H,32,34);1H3;;(H,2,3,4)/t3*24-;;;/m111.../s1. The molecule has 3 atom stereocenters. The maximum Gasteiger partial charge on any atom is 0.338 e. The molecule has 9 aromatic rings. The Balaban J connectivity index is 0.000000264. The predicted octanol–water partition coefficient (Wildman–Crippen LogP) is 14.2. The van der Waals surface area contributed by atoms with Crippen molar-refractivity contribution in [1.82, 2.24) is 16.0 Å². The van der Waals surface area contributed by atoms with Crippen LogP contribution >= 0.6 is 34.2 Å². The first-order chi connectivity index (χ1) is 63.8. The van der Waals surface area contributed by atoms with E-state index in [1.54, 1.807) is 78.9 Å². The molecule has 39 heteroatoms. The fourth-order valence-electron chi connectivity index (χ4n) is 15.7. The van der Waals surface area contributed by atoms with Crippen molar-refractivity contribution in [3.05, 3.63) is 262 Å². The van der Waals surface area contributed by atoms with Crippen LogP contribution in [0.1, 0.15) is 163 Å². The molecule has 4 N–H and O–H groups in total. The van der Waals surface area contributed by atoms with Crippen molar-refractivity contribution in [1.29, 1.82) is 5.26 Å². The summed E-state index contributed by atoms with van der Waals surface area (Å²) in [5.74, 6) is 1.37. The Morgan fingerprint density at radius 2 is 0.672 bits per heavy atom. The van der Waals surface area contributed by atoms with E-state index in [1.165, 1.54) is 155 Å². The first-order valence-corrected chi connectivity index (χ1v) is 42.7. The minimum Gasteiger partial charge on any atom is -0.493 e. The summed E-state index contributed by atoms with van der Waals surface area (Å²) in [6.07, 6.45) is 2.60. The smallest absolute Gasteiger partial charge is 0.338 e. The van der Waals surface area contributed by atoms with Gasteiger partial charge in [0.15, 0.2) is 51.7 Å². The molecule has 9 aromatic carbocycles. The van der Waals surface area contributed by atoms with Crippen molar-refractivity contribution < 1.29 is 142 Å². The van der Waals surface area contributed by atoms with Crippen molar-refractivity contribution >= 4 is 69.8 Å². The molecule has 0 saturated carbocycles. The van der Waals surface area contributed by atoms with Gasteiger partial charge in [0.05, 0.1) is 126 Å². The van der Waals surface area contributed by atoms with Crippen LogP contribution in [-0.4, -0.2) is 136 Å². The number of amides is 3. The molecule has 3 aliphatic rings. The Hall–Kier alpha value is -13.9. The largest absolute Gasteiger partial charge is 0.493 e. The van der Waals surface area contributed by atoms with E-state index in [2.05, 4.69) is 43.4 Å². The monoisotopic (exact) mass is 2070 g/mol. The van der Waals surface area contributed by atoms with Crippen LogP contribution in [0.3, 0.4) is 0 Å². The zero-order chi connectivity index (χ0) is 97.6. The normalized spacial score (nSPS) is 13.0. The second kappa shape index (κ2) is 51.2. The number of rotatable bonds is 29. The molecule has 36 nitrogen and oxygen atoms in total. The summed E-state index contributed by atoms with van der Waals surface area (Å²) in [5, 5.41) is 39.4. The molecule has 0 fully saturated rings. The SMILES string of the molecule is CC#N.COc1c(COC(=O)c2ccc(CCl)cc2)c2c(c(OC)c1OC)-c1ccc(OC)c(=O)cc1[C@H](NC(C)=O)CC2.COc1c(COC(=O)c2ccc(CI)cc2)c2c(c(OC)c1OC)-c1ccc(OC)c(=O)cc1[C@H](NC(C)=O)CC2.COc1c(COC(=O)c2ccc(CO[N+](=O)[O-])cc2)c2c(c(OC)c1OC)-c1ccc(OC)c(=O)cc1[C@H](NC(C)=O)CC2.O=[N+]([O-])O.[Ag]. The summed E-state index contributed by atoms with van der Waals surface area (Å²) in [4.78, 5) is 138. The topological polar surface area (TPSA) is 468 Å². The van der Waals surface area contributed by atoms with Gasteiger partial charge in [0.1, 0.15) is 26.4 Å². The molecule has 0 aliphatic heterocycles. The van der Waals surface area contributed by atoms with E-state index in [4.69, 9.17) is 103 Å². The van der Waals surface area contributed by atoms with E-state index >= 15 is 0 Å². The number of carbonyl (C=O) groups is 6. The van der Waals surface area contributed by atoms with Crippen molar-refractivity contribution in [2.24, 2.45) is 0 Å². The maximum atomic E-state index is 13.1. The summed E-state index contributed by atoms with van der Waals surface area (Å²) in [6.45, 7) is 4.99. The summed E-state index contributed by atoms with van der Waals surface area (Å²) in [5.41, 5.74) is 12.0. The van der Waals surface area contributed by atoms with Crippen LogP contribution in [0.4, 0.5) is 0 Å². The first kappa shape index (κ1) is 107. The summed E-state index contributed by atoms with van der Waals surface area (Å²) in [6, 6.07) is 34.8. The van der Waals surface area contributed by atoms with Crippen molar-refractivity contribution in [2.45, 2.75) is 121 Å². The van der Waals surface area contributed by atoms with E-state index in [1.807, 2.05) is 12.1 Å². The molecule has 0 spiro atoms. The van der Waals surface area contributed by atoms with E-state index in [9.17, 15) is 53.3 Å². The van der Waals surface area contributed by atoms with E-state index in [0.717, 1.165) is 26.7 Å². The van der Waals surface area contributed by atoms with E-state index < -0.39 is 46.2 Å². The number of ether oxygens (including phenoxy) is 15. The molecular formula is C95H100AgClIN6O30. The van der Waals surface area contributed by atoms with Gasteiger partial charge in [-0.2, -0.15) is 5.26 Å². The number of esters is 3. The number of alkyl halides is 2. The number of halogens is 2. The third-order valence-electron chi connectivity index (χ3n) is 21.3. The van der Waals surface area contributed by atoms with Gasteiger partial charge >= 0.3 is 17.9 Å². The molecule has 3 amide bonds. The predicted molar refractivity (Wildman–Crippen MR) is 494 cm³/mol. The van der Waals surface area contributed by atoms with E-state index in [-0.39, 0.29) is 111 Å². The Morgan fingerprint density at radius 1 is 0.418 bits per heavy atom. The van der Waals surface area contributed by atoms with Gasteiger partial charge in [0, 0.05) is 93.8 Å². The molecule has 715 valence electrons. The van der Waals surface area contributed by atoms with Gasteiger partial charge in [-0.3, -0.25) is 28.8 Å². The van der Waals surface area contributed by atoms with Crippen LogP contribution in [0, 0.1) is 31.6 Å². The van der Waals surface area contributed by atoms with Gasteiger partial charge in [-0.25, -0.2) is 14.4 Å². The molecule has 0 heterocycles. The molecule has 0 bridgehead atoms. The number of methoxy groups -OCH3 is 12. The van der Waals surface area contributed by atoms with Crippen LogP contribution in [0.5, 0.6) is 69.0 Å². The van der Waals surface area contributed by atoms with Gasteiger partial charge in [-0.15, -0.1) is 31.8 Å². The van der Waals surface area contributed by atoms with Gasteiger partial charge < -0.3 is 97.0 Å². The van der Waals surface area contributed by atoms with Crippen molar-refractivity contribution in [2.75, 3.05) is 85.3 Å². The number of fused-ring (bicyclic) bond motifs is 9. The number of benzene rings is 6. The minimum absolute atomic E-state index is 0. The quantitative estimate of drug-likeness (QED) is 0.00643. The molecule has 12 rings (SSSR count).